The molecule has 0 heterocycles. The van der Waals surface area contributed by atoms with E-state index >= 15 is 0 Å². The van der Waals surface area contributed by atoms with E-state index < -0.39 is 44.8 Å². The maximum Gasteiger partial charge on any atom is 0.246 e. The van der Waals surface area contributed by atoms with Crippen LogP contribution in [0.25, 0.3) is 0 Å². The topological polar surface area (TPSA) is 66.5 Å². The van der Waals surface area contributed by atoms with Crippen LogP contribution in [-0.4, -0.2) is 32.2 Å². The van der Waals surface area contributed by atoms with Gasteiger partial charge in [-0.2, -0.15) is 4.31 Å². The molecule has 5 nitrogen and oxygen atoms in total. The first-order valence-electron chi connectivity index (χ1n) is 7.09. The van der Waals surface area contributed by atoms with Crippen LogP contribution >= 0.6 is 0 Å². The van der Waals surface area contributed by atoms with Crippen molar-refractivity contribution in [2.75, 3.05) is 18.9 Å². The molecule has 1 N–H and O–H groups in total. The summed E-state index contributed by atoms with van der Waals surface area (Å²) in [7, 11) is -3.48. The van der Waals surface area contributed by atoms with Crippen LogP contribution in [-0.2, 0) is 14.8 Å². The van der Waals surface area contributed by atoms with E-state index in [-0.39, 0.29) is 0 Å². The minimum absolute atomic E-state index is 0.459. The maximum atomic E-state index is 13.7. The average Bonchev–Trinajstić information content (AvgIpc) is 2.54. The van der Waals surface area contributed by atoms with E-state index in [1.807, 2.05) is 6.92 Å². The van der Waals surface area contributed by atoms with Crippen molar-refractivity contribution in [3.05, 3.63) is 59.4 Å². The van der Waals surface area contributed by atoms with Crippen molar-refractivity contribution in [2.45, 2.75) is 11.8 Å². The van der Waals surface area contributed by atoms with Crippen molar-refractivity contribution in [1.82, 2.24) is 4.31 Å². The number of carbonyl (C=O) groups excluding carboxylic acids is 1. The molecule has 0 radical (unpaired) electrons. The number of amides is 1. The van der Waals surface area contributed by atoms with Crippen molar-refractivity contribution in [3.63, 3.8) is 0 Å². The monoisotopic (exact) mass is 372 g/mol. The lowest BCUT2D eigenvalue weighted by atomic mass is 10.2. The Morgan fingerprint density at radius 2 is 1.64 bits per heavy atom. The standard InChI is InChI=1S/C16H15F3N2O3S/c1-10-3-5-11(6-4-10)20-14(22)9-21(2)25(23,24)13-8-7-12(17)15(18)16(13)19/h3-8H,9H2,1-2H3,(H,20,22). The third-order valence-corrected chi connectivity index (χ3v) is 5.21. The van der Waals surface area contributed by atoms with E-state index in [1.165, 1.54) is 0 Å². The van der Waals surface area contributed by atoms with Crippen LogP contribution < -0.4 is 5.32 Å². The van der Waals surface area contributed by atoms with E-state index in [1.54, 1.807) is 24.3 Å². The molecule has 0 aliphatic rings. The minimum Gasteiger partial charge on any atom is -0.325 e. The molecule has 0 spiro atoms. The highest BCUT2D eigenvalue weighted by molar-refractivity contribution is 7.89. The Bertz CT molecular complexity index is 900. The van der Waals surface area contributed by atoms with Crippen LogP contribution in [0.4, 0.5) is 18.9 Å². The van der Waals surface area contributed by atoms with E-state index in [0.29, 0.717) is 22.1 Å². The number of anilines is 1. The summed E-state index contributed by atoms with van der Waals surface area (Å²) in [6.07, 6.45) is 0. The number of nitrogens with zero attached hydrogens (tertiary/aromatic N) is 1. The molecule has 0 aliphatic heterocycles. The minimum atomic E-state index is -4.51. The molecular formula is C16H15F3N2O3S. The molecule has 2 rings (SSSR count). The third kappa shape index (κ3) is 4.18. The lowest BCUT2D eigenvalue weighted by molar-refractivity contribution is -0.116. The molecule has 134 valence electrons. The zero-order valence-electron chi connectivity index (χ0n) is 13.4. The number of hydrogen-bond donors (Lipinski definition) is 1. The number of aryl methyl sites for hydroxylation is 1. The number of carbonyl (C=O) groups is 1. The second kappa shape index (κ2) is 7.24. The van der Waals surface area contributed by atoms with Gasteiger partial charge in [0.05, 0.1) is 6.54 Å². The van der Waals surface area contributed by atoms with Gasteiger partial charge in [0.25, 0.3) is 0 Å². The van der Waals surface area contributed by atoms with Gasteiger partial charge in [-0.3, -0.25) is 4.79 Å². The predicted molar refractivity (Wildman–Crippen MR) is 85.9 cm³/mol. The molecule has 1 amide bonds. The van der Waals surface area contributed by atoms with Gasteiger partial charge in [0.1, 0.15) is 4.90 Å². The lowest BCUT2D eigenvalue weighted by Crippen LogP contribution is -2.35. The average molecular weight is 372 g/mol. The SMILES string of the molecule is Cc1ccc(NC(=O)CN(C)S(=O)(=O)c2ccc(F)c(F)c2F)cc1. The van der Waals surface area contributed by atoms with Gasteiger partial charge in [0.15, 0.2) is 17.5 Å². The van der Waals surface area contributed by atoms with Crippen molar-refractivity contribution in [3.8, 4) is 0 Å². The number of rotatable bonds is 5. The number of halogens is 3. The highest BCUT2D eigenvalue weighted by Crippen LogP contribution is 2.22. The third-order valence-electron chi connectivity index (χ3n) is 3.39. The molecule has 0 atom stereocenters. The van der Waals surface area contributed by atoms with Crippen molar-refractivity contribution in [2.24, 2.45) is 0 Å². The molecule has 0 saturated carbocycles. The smallest absolute Gasteiger partial charge is 0.246 e. The molecule has 0 unspecified atom stereocenters. The number of hydrogen-bond acceptors (Lipinski definition) is 3. The van der Waals surface area contributed by atoms with Crippen molar-refractivity contribution < 1.29 is 26.4 Å². The van der Waals surface area contributed by atoms with Crippen molar-refractivity contribution in [1.29, 1.82) is 0 Å². The van der Waals surface area contributed by atoms with Crippen LogP contribution in [0.3, 0.4) is 0 Å². The molecule has 0 aliphatic carbocycles. The largest absolute Gasteiger partial charge is 0.325 e. The molecule has 0 aromatic heterocycles. The van der Waals surface area contributed by atoms with Crippen LogP contribution in [0.2, 0.25) is 0 Å². The highest BCUT2D eigenvalue weighted by Gasteiger charge is 2.29. The second-order valence-electron chi connectivity index (χ2n) is 5.35. The first-order chi connectivity index (χ1) is 11.6. The Hall–Kier alpha value is -2.39. The number of likely N-dealkylation sites (N-methyl/N-ethyl adjacent to an activating group) is 1. The Morgan fingerprint density at radius 3 is 2.24 bits per heavy atom. The first-order valence-corrected chi connectivity index (χ1v) is 8.53. The molecule has 2 aromatic rings. The van der Waals surface area contributed by atoms with Crippen LogP contribution in [0, 0.1) is 24.4 Å². The molecule has 0 fully saturated rings. The quantitative estimate of drug-likeness (QED) is 0.821. The number of benzene rings is 2. The molecule has 2 aromatic carbocycles. The summed E-state index contributed by atoms with van der Waals surface area (Å²) >= 11 is 0. The zero-order chi connectivity index (χ0) is 18.8. The van der Waals surface area contributed by atoms with Gasteiger partial charge in [-0.25, -0.2) is 21.6 Å². The Kier molecular flexibility index (Phi) is 5.48. The van der Waals surface area contributed by atoms with Gasteiger partial charge in [0, 0.05) is 12.7 Å². The maximum absolute atomic E-state index is 13.7. The Morgan fingerprint density at radius 1 is 1.04 bits per heavy atom. The second-order valence-corrected chi connectivity index (χ2v) is 7.36. The summed E-state index contributed by atoms with van der Waals surface area (Å²) in [5.74, 6) is -5.89. The zero-order valence-corrected chi connectivity index (χ0v) is 14.2. The fraction of sp³-hybridized carbons (Fsp3) is 0.188. The predicted octanol–water partition coefficient (Wildman–Crippen LogP) is 2.67. The summed E-state index contributed by atoms with van der Waals surface area (Å²) in [5, 5.41) is 2.49. The highest BCUT2D eigenvalue weighted by atomic mass is 32.2. The summed E-state index contributed by atoms with van der Waals surface area (Å²) in [5.41, 5.74) is 1.44. The van der Waals surface area contributed by atoms with Crippen LogP contribution in [0.1, 0.15) is 5.56 Å². The summed E-state index contributed by atoms with van der Waals surface area (Å²) in [4.78, 5) is 10.9. The Balaban J connectivity index is 2.16. The van der Waals surface area contributed by atoms with Gasteiger partial charge < -0.3 is 5.32 Å². The Labute approximate surface area is 143 Å². The normalized spacial score (nSPS) is 11.6. The molecule has 0 saturated heterocycles. The summed E-state index contributed by atoms with van der Waals surface area (Å²) in [6.45, 7) is 1.23. The van der Waals surface area contributed by atoms with Gasteiger partial charge in [-0.05, 0) is 31.2 Å². The lowest BCUT2D eigenvalue weighted by Gasteiger charge is -2.17. The fourth-order valence-corrected chi connectivity index (χ4v) is 3.18. The van der Waals surface area contributed by atoms with Gasteiger partial charge in [-0.1, -0.05) is 17.7 Å². The van der Waals surface area contributed by atoms with Gasteiger partial charge >= 0.3 is 0 Å². The van der Waals surface area contributed by atoms with E-state index in [2.05, 4.69) is 5.32 Å². The number of nitrogens with one attached hydrogen (secondary N) is 1. The van der Waals surface area contributed by atoms with E-state index in [9.17, 15) is 26.4 Å². The molecule has 9 heteroatoms. The summed E-state index contributed by atoms with van der Waals surface area (Å²) < 4.78 is 65.0. The molecule has 0 bridgehead atoms. The van der Waals surface area contributed by atoms with Crippen LogP contribution in [0.5, 0.6) is 0 Å². The van der Waals surface area contributed by atoms with Crippen LogP contribution in [0.15, 0.2) is 41.3 Å². The molecule has 25 heavy (non-hydrogen) atoms. The molecular weight excluding hydrogens is 357 g/mol. The summed E-state index contributed by atoms with van der Waals surface area (Å²) in [6, 6.07) is 7.90. The first kappa shape index (κ1) is 18.9. The fourth-order valence-electron chi connectivity index (χ4n) is 2.00. The van der Waals surface area contributed by atoms with Gasteiger partial charge in [0.2, 0.25) is 15.9 Å². The van der Waals surface area contributed by atoms with Gasteiger partial charge in [-0.15, -0.1) is 0 Å². The van der Waals surface area contributed by atoms with E-state index in [0.717, 1.165) is 12.6 Å². The van der Waals surface area contributed by atoms with E-state index in [4.69, 9.17) is 0 Å². The van der Waals surface area contributed by atoms with Crippen molar-refractivity contribution >= 4 is 21.6 Å². The number of sulfonamides is 1.